The Kier molecular flexibility index (Phi) is 5.14. The van der Waals surface area contributed by atoms with E-state index in [1.807, 2.05) is 19.9 Å². The maximum atomic E-state index is 11.7. The van der Waals surface area contributed by atoms with E-state index in [-0.39, 0.29) is 17.8 Å². The van der Waals surface area contributed by atoms with Crippen molar-refractivity contribution in [1.29, 1.82) is 5.26 Å². The molecule has 1 aromatic heterocycles. The number of carbonyl (C=O) groups is 1. The van der Waals surface area contributed by atoms with E-state index in [2.05, 4.69) is 20.5 Å². The lowest BCUT2D eigenvalue weighted by Crippen LogP contribution is -2.34. The highest BCUT2D eigenvalue weighted by Gasteiger charge is 2.15. The zero-order valence-corrected chi connectivity index (χ0v) is 10.2. The van der Waals surface area contributed by atoms with Gasteiger partial charge in [-0.25, -0.2) is 4.98 Å². The summed E-state index contributed by atoms with van der Waals surface area (Å²) in [7, 11) is 0. The lowest BCUT2D eigenvalue weighted by molar-refractivity contribution is 0.0926. The van der Waals surface area contributed by atoms with Gasteiger partial charge in [0, 0.05) is 12.5 Å². The monoisotopic (exact) mass is 235 g/mol. The zero-order chi connectivity index (χ0) is 12.7. The molecule has 1 unspecified atom stereocenters. The second-order valence-corrected chi connectivity index (χ2v) is 3.80. The van der Waals surface area contributed by atoms with Gasteiger partial charge in [0.15, 0.2) is 0 Å². The highest BCUT2D eigenvalue weighted by atomic mass is 16.2. The number of nitrogens with zero attached hydrogens (tertiary/aromatic N) is 3. The Morgan fingerprint density at radius 3 is 2.94 bits per heavy atom. The predicted molar refractivity (Wildman–Crippen MR) is 62.2 cm³/mol. The first-order valence-electron chi connectivity index (χ1n) is 5.80. The number of aromatic amines is 1. The Balaban J connectivity index is 2.59. The number of hydrogen-bond acceptors (Lipinski definition) is 4. The normalized spacial score (nSPS) is 11.8. The third-order valence-corrected chi connectivity index (χ3v) is 2.39. The number of H-pyrrole nitrogens is 1. The first kappa shape index (κ1) is 13.2. The van der Waals surface area contributed by atoms with Gasteiger partial charge in [-0.15, -0.1) is 5.10 Å². The number of nitriles is 1. The van der Waals surface area contributed by atoms with Crippen molar-refractivity contribution in [2.24, 2.45) is 0 Å². The highest BCUT2D eigenvalue weighted by molar-refractivity contribution is 5.90. The van der Waals surface area contributed by atoms with Crippen LogP contribution in [0.3, 0.4) is 0 Å². The van der Waals surface area contributed by atoms with E-state index in [4.69, 9.17) is 5.26 Å². The zero-order valence-electron chi connectivity index (χ0n) is 10.2. The van der Waals surface area contributed by atoms with Crippen LogP contribution in [0.1, 0.15) is 49.6 Å². The van der Waals surface area contributed by atoms with E-state index in [9.17, 15) is 4.79 Å². The molecule has 6 heteroatoms. The maximum absolute atomic E-state index is 11.7. The Morgan fingerprint density at radius 2 is 2.35 bits per heavy atom. The van der Waals surface area contributed by atoms with Crippen molar-refractivity contribution >= 4 is 5.91 Å². The number of aromatic nitrogens is 3. The Hall–Kier alpha value is -1.90. The molecule has 92 valence electrons. The molecule has 0 aliphatic heterocycles. The minimum Gasteiger partial charge on any atom is -0.345 e. The van der Waals surface area contributed by atoms with Crippen molar-refractivity contribution in [3.63, 3.8) is 0 Å². The molecule has 1 rings (SSSR count). The van der Waals surface area contributed by atoms with Gasteiger partial charge in [-0.3, -0.25) is 9.89 Å². The first-order valence-corrected chi connectivity index (χ1v) is 5.80. The van der Waals surface area contributed by atoms with Gasteiger partial charge in [0.2, 0.25) is 5.82 Å². The third kappa shape index (κ3) is 3.87. The average molecular weight is 235 g/mol. The molecule has 1 amide bonds. The van der Waals surface area contributed by atoms with Crippen molar-refractivity contribution in [2.75, 3.05) is 0 Å². The van der Waals surface area contributed by atoms with Gasteiger partial charge in [-0.05, 0) is 12.8 Å². The van der Waals surface area contributed by atoms with Crippen LogP contribution in [-0.2, 0) is 6.42 Å². The molecular weight excluding hydrogens is 218 g/mol. The van der Waals surface area contributed by atoms with Crippen LogP contribution in [0.5, 0.6) is 0 Å². The number of carbonyl (C=O) groups excluding carboxylic acids is 1. The third-order valence-electron chi connectivity index (χ3n) is 2.39. The van der Waals surface area contributed by atoms with Gasteiger partial charge >= 0.3 is 0 Å². The number of hydrogen-bond donors (Lipinski definition) is 2. The summed E-state index contributed by atoms with van der Waals surface area (Å²) in [4.78, 5) is 15.8. The Bertz CT molecular complexity index is 406. The summed E-state index contributed by atoms with van der Waals surface area (Å²) < 4.78 is 0. The minimum absolute atomic E-state index is 0.138. The van der Waals surface area contributed by atoms with Crippen molar-refractivity contribution in [3.05, 3.63) is 11.6 Å². The summed E-state index contributed by atoms with van der Waals surface area (Å²) in [6.45, 7) is 3.95. The van der Waals surface area contributed by atoms with Crippen molar-refractivity contribution in [2.45, 2.75) is 45.6 Å². The smallest absolute Gasteiger partial charge is 0.291 e. The topological polar surface area (TPSA) is 94.5 Å². The fourth-order valence-corrected chi connectivity index (χ4v) is 1.40. The molecule has 0 saturated heterocycles. The minimum atomic E-state index is -0.328. The fraction of sp³-hybridized carbons (Fsp3) is 0.636. The molecule has 0 aliphatic rings. The second kappa shape index (κ2) is 6.63. The molecule has 0 aromatic carbocycles. The molecule has 0 aliphatic carbocycles. The molecule has 0 saturated carbocycles. The molecule has 0 radical (unpaired) electrons. The van der Waals surface area contributed by atoms with Crippen LogP contribution in [0.4, 0.5) is 0 Å². The van der Waals surface area contributed by atoms with Crippen LogP contribution in [0.2, 0.25) is 0 Å². The molecule has 1 heterocycles. The van der Waals surface area contributed by atoms with E-state index >= 15 is 0 Å². The van der Waals surface area contributed by atoms with Gasteiger partial charge < -0.3 is 5.32 Å². The summed E-state index contributed by atoms with van der Waals surface area (Å²) in [6, 6.07) is 1.90. The van der Waals surface area contributed by atoms with Gasteiger partial charge in [-0.1, -0.05) is 13.8 Å². The molecule has 1 atom stereocenters. The SMILES string of the molecule is CCCc1nc(C(=O)NC(CC)CC#N)n[nH]1. The number of aryl methyl sites for hydroxylation is 1. The molecule has 1 aromatic rings. The molecule has 17 heavy (non-hydrogen) atoms. The lowest BCUT2D eigenvalue weighted by Gasteiger charge is -2.11. The summed E-state index contributed by atoms with van der Waals surface area (Å²) in [5, 5.41) is 17.9. The van der Waals surface area contributed by atoms with Crippen molar-refractivity contribution in [3.8, 4) is 6.07 Å². The Labute approximate surface area is 100 Å². The number of nitrogens with one attached hydrogen (secondary N) is 2. The second-order valence-electron chi connectivity index (χ2n) is 3.80. The average Bonchev–Trinajstić information content (AvgIpc) is 2.77. The van der Waals surface area contributed by atoms with E-state index in [1.165, 1.54) is 0 Å². The summed E-state index contributed by atoms with van der Waals surface area (Å²) >= 11 is 0. The molecule has 0 bridgehead atoms. The highest BCUT2D eigenvalue weighted by Crippen LogP contribution is 2.00. The number of amides is 1. The molecule has 0 fully saturated rings. The quantitative estimate of drug-likeness (QED) is 0.774. The van der Waals surface area contributed by atoms with Gasteiger partial charge in [0.05, 0.1) is 12.5 Å². The fourth-order valence-electron chi connectivity index (χ4n) is 1.40. The molecule has 2 N–H and O–H groups in total. The molecule has 6 nitrogen and oxygen atoms in total. The van der Waals surface area contributed by atoms with Crippen LogP contribution in [0.25, 0.3) is 0 Å². The predicted octanol–water partition coefficient (Wildman–Crippen LogP) is 1.18. The van der Waals surface area contributed by atoms with Crippen LogP contribution in [0.15, 0.2) is 0 Å². The van der Waals surface area contributed by atoms with Crippen LogP contribution in [-0.4, -0.2) is 27.1 Å². The van der Waals surface area contributed by atoms with Crippen molar-refractivity contribution < 1.29 is 4.79 Å². The van der Waals surface area contributed by atoms with Crippen LogP contribution >= 0.6 is 0 Å². The maximum Gasteiger partial charge on any atom is 0.291 e. The van der Waals surface area contributed by atoms with Gasteiger partial charge in [0.1, 0.15) is 5.82 Å². The molecular formula is C11H17N5O. The summed E-state index contributed by atoms with van der Waals surface area (Å²) in [5.41, 5.74) is 0. The Morgan fingerprint density at radius 1 is 1.59 bits per heavy atom. The van der Waals surface area contributed by atoms with Crippen molar-refractivity contribution in [1.82, 2.24) is 20.5 Å². The lowest BCUT2D eigenvalue weighted by atomic mass is 10.1. The van der Waals surface area contributed by atoms with Crippen LogP contribution in [0, 0.1) is 11.3 Å². The molecule has 0 spiro atoms. The van der Waals surface area contributed by atoms with E-state index < -0.39 is 0 Å². The summed E-state index contributed by atoms with van der Waals surface area (Å²) in [5.74, 6) is 0.529. The van der Waals surface area contributed by atoms with E-state index in [0.29, 0.717) is 18.7 Å². The van der Waals surface area contributed by atoms with E-state index in [0.717, 1.165) is 12.8 Å². The first-order chi connectivity index (χ1) is 8.21. The summed E-state index contributed by atoms with van der Waals surface area (Å²) in [6.07, 6.45) is 2.73. The standard InChI is InChI=1S/C11H17N5O/c1-3-5-9-14-10(16-15-9)11(17)13-8(4-2)6-7-12/h8H,3-6H2,1-2H3,(H,13,17)(H,14,15,16). The van der Waals surface area contributed by atoms with Gasteiger partial charge in [0.25, 0.3) is 5.91 Å². The van der Waals surface area contributed by atoms with Crippen LogP contribution < -0.4 is 5.32 Å². The largest absolute Gasteiger partial charge is 0.345 e. The van der Waals surface area contributed by atoms with E-state index in [1.54, 1.807) is 0 Å². The van der Waals surface area contributed by atoms with Gasteiger partial charge in [-0.2, -0.15) is 5.26 Å². The number of rotatable bonds is 6.